The molecule has 1 aromatic heterocycles. The first-order valence-corrected chi connectivity index (χ1v) is 9.17. The minimum atomic E-state index is -0.484. The van der Waals surface area contributed by atoms with E-state index in [1.807, 2.05) is 62.1 Å². The van der Waals surface area contributed by atoms with Crippen molar-refractivity contribution >= 4 is 11.7 Å². The highest BCUT2D eigenvalue weighted by molar-refractivity contribution is 5.75. The summed E-state index contributed by atoms with van der Waals surface area (Å²) in [4.78, 5) is 14.1. The number of carbonyl (C=O) groups is 1. The number of amides is 1. The first-order valence-electron chi connectivity index (χ1n) is 9.17. The second-order valence-electron chi connectivity index (χ2n) is 7.69. The van der Waals surface area contributed by atoms with E-state index in [0.29, 0.717) is 19.6 Å². The maximum absolute atomic E-state index is 12.3. The lowest BCUT2D eigenvalue weighted by Crippen LogP contribution is -2.39. The molecule has 0 saturated heterocycles. The van der Waals surface area contributed by atoms with Gasteiger partial charge in [0, 0.05) is 24.8 Å². The molecule has 0 radical (unpaired) electrons. The lowest BCUT2D eigenvalue weighted by atomic mass is 10.0. The zero-order chi connectivity index (χ0) is 19.4. The zero-order valence-corrected chi connectivity index (χ0v) is 16.4. The summed E-state index contributed by atoms with van der Waals surface area (Å²) in [6, 6.07) is 7.96. The molecule has 1 aliphatic heterocycles. The lowest BCUT2D eigenvalue weighted by molar-refractivity contribution is 0.0273. The number of hydrogen-bond donors (Lipinski definition) is 0. The lowest BCUT2D eigenvalue weighted by Gasteiger charge is -2.30. The summed E-state index contributed by atoms with van der Waals surface area (Å²) in [5, 5.41) is 4.47. The monoisotopic (exact) mass is 369 g/mol. The van der Waals surface area contributed by atoms with Gasteiger partial charge in [0.15, 0.2) is 0 Å². The molecule has 1 aliphatic rings. The number of benzene rings is 1. The predicted molar refractivity (Wildman–Crippen MR) is 105 cm³/mol. The van der Waals surface area contributed by atoms with Crippen LogP contribution in [0.25, 0.3) is 5.57 Å². The molecule has 0 bridgehead atoms. The number of carbonyl (C=O) groups excluding carboxylic acids is 1. The van der Waals surface area contributed by atoms with Crippen LogP contribution in [0.3, 0.4) is 0 Å². The summed E-state index contributed by atoms with van der Waals surface area (Å²) >= 11 is 0. The van der Waals surface area contributed by atoms with Gasteiger partial charge in [-0.2, -0.15) is 5.10 Å². The molecule has 3 rings (SSSR count). The minimum Gasteiger partial charge on any atom is -0.497 e. The molecule has 0 aliphatic carbocycles. The van der Waals surface area contributed by atoms with Crippen molar-refractivity contribution in [1.29, 1.82) is 0 Å². The molecule has 6 nitrogen and oxygen atoms in total. The smallest absolute Gasteiger partial charge is 0.410 e. The van der Waals surface area contributed by atoms with Crippen molar-refractivity contribution in [1.82, 2.24) is 14.7 Å². The number of methoxy groups -OCH3 is 1. The Bertz CT molecular complexity index is 816. The quantitative estimate of drug-likeness (QED) is 0.818. The largest absolute Gasteiger partial charge is 0.497 e. The fourth-order valence-electron chi connectivity index (χ4n) is 2.97. The van der Waals surface area contributed by atoms with E-state index in [9.17, 15) is 4.79 Å². The van der Waals surface area contributed by atoms with Gasteiger partial charge in [0.1, 0.15) is 11.4 Å². The van der Waals surface area contributed by atoms with Crippen molar-refractivity contribution in [2.24, 2.45) is 0 Å². The Morgan fingerprint density at radius 1 is 1.22 bits per heavy atom. The summed E-state index contributed by atoms with van der Waals surface area (Å²) in [7, 11) is 1.66. The first kappa shape index (κ1) is 19.0. The van der Waals surface area contributed by atoms with Crippen LogP contribution in [0.1, 0.15) is 38.3 Å². The number of rotatable bonds is 4. The molecular formula is C21H27N3O3. The number of aromatic nitrogens is 2. The van der Waals surface area contributed by atoms with E-state index in [1.54, 1.807) is 12.0 Å². The van der Waals surface area contributed by atoms with Crippen LogP contribution in [0, 0.1) is 0 Å². The van der Waals surface area contributed by atoms with Gasteiger partial charge in [-0.25, -0.2) is 4.79 Å². The van der Waals surface area contributed by atoms with E-state index < -0.39 is 5.60 Å². The van der Waals surface area contributed by atoms with E-state index in [1.165, 1.54) is 0 Å². The van der Waals surface area contributed by atoms with E-state index in [-0.39, 0.29) is 6.09 Å². The van der Waals surface area contributed by atoms with Crippen molar-refractivity contribution in [2.45, 2.75) is 39.3 Å². The molecule has 0 N–H and O–H groups in total. The molecule has 6 heteroatoms. The van der Waals surface area contributed by atoms with Crippen molar-refractivity contribution in [3.05, 3.63) is 53.9 Å². The maximum Gasteiger partial charge on any atom is 0.410 e. The average Bonchev–Trinajstić information content (AvgIpc) is 3.10. The summed E-state index contributed by atoms with van der Waals surface area (Å²) in [5.74, 6) is 0.842. The predicted octanol–water partition coefficient (Wildman–Crippen LogP) is 3.96. The van der Waals surface area contributed by atoms with Gasteiger partial charge in [-0.3, -0.25) is 4.68 Å². The Morgan fingerprint density at radius 2 is 1.96 bits per heavy atom. The van der Waals surface area contributed by atoms with Gasteiger partial charge in [-0.05, 0) is 50.5 Å². The van der Waals surface area contributed by atoms with Crippen LogP contribution in [-0.4, -0.2) is 46.6 Å². The van der Waals surface area contributed by atoms with E-state index in [2.05, 4.69) is 11.2 Å². The van der Waals surface area contributed by atoms with E-state index in [0.717, 1.165) is 28.9 Å². The average molecular weight is 369 g/mol. The first-order chi connectivity index (χ1) is 12.8. The normalized spacial score (nSPS) is 14.7. The Hall–Kier alpha value is -2.76. The van der Waals surface area contributed by atoms with Crippen molar-refractivity contribution in [3.63, 3.8) is 0 Å². The third-order valence-corrected chi connectivity index (χ3v) is 4.31. The van der Waals surface area contributed by atoms with Crippen LogP contribution < -0.4 is 4.74 Å². The third kappa shape index (κ3) is 5.12. The highest BCUT2D eigenvalue weighted by Crippen LogP contribution is 2.22. The fourth-order valence-corrected chi connectivity index (χ4v) is 2.97. The van der Waals surface area contributed by atoms with Gasteiger partial charge < -0.3 is 14.4 Å². The molecule has 2 heterocycles. The standard InChI is InChI=1S/C21H27N3O3/c1-21(2,3)27-20(25)23-11-5-6-17(14-23)18-12-22-24(15-18)13-16-7-9-19(26-4)10-8-16/h6-10,12,15H,5,11,13-14H2,1-4H3. The molecule has 0 unspecified atom stereocenters. The van der Waals surface area contributed by atoms with E-state index in [4.69, 9.17) is 9.47 Å². The molecule has 2 aromatic rings. The van der Waals surface area contributed by atoms with Gasteiger partial charge in [-0.15, -0.1) is 0 Å². The summed E-state index contributed by atoms with van der Waals surface area (Å²) in [6.45, 7) is 7.56. The molecule has 0 saturated carbocycles. The molecule has 1 amide bonds. The molecular weight excluding hydrogens is 342 g/mol. The molecule has 27 heavy (non-hydrogen) atoms. The SMILES string of the molecule is COc1ccc(Cn2cc(C3=CCCN(C(=O)OC(C)(C)C)C3)cn2)cc1. The highest BCUT2D eigenvalue weighted by Gasteiger charge is 2.25. The molecule has 144 valence electrons. The maximum atomic E-state index is 12.3. The van der Waals surface area contributed by atoms with Crippen molar-refractivity contribution < 1.29 is 14.3 Å². The summed E-state index contributed by atoms with van der Waals surface area (Å²) < 4.78 is 12.6. The van der Waals surface area contributed by atoms with Gasteiger partial charge in [0.2, 0.25) is 0 Å². The van der Waals surface area contributed by atoms with E-state index >= 15 is 0 Å². The Morgan fingerprint density at radius 3 is 2.63 bits per heavy atom. The van der Waals surface area contributed by atoms with Crippen LogP contribution in [-0.2, 0) is 11.3 Å². The van der Waals surface area contributed by atoms with Crippen LogP contribution in [0.2, 0.25) is 0 Å². The topological polar surface area (TPSA) is 56.6 Å². The van der Waals surface area contributed by atoms with Crippen LogP contribution in [0.5, 0.6) is 5.75 Å². The fraction of sp³-hybridized carbons (Fsp3) is 0.429. The van der Waals surface area contributed by atoms with Gasteiger partial charge in [0.25, 0.3) is 0 Å². The van der Waals surface area contributed by atoms with Gasteiger partial charge >= 0.3 is 6.09 Å². The van der Waals surface area contributed by atoms with Crippen molar-refractivity contribution in [2.75, 3.05) is 20.2 Å². The zero-order valence-electron chi connectivity index (χ0n) is 16.4. The van der Waals surface area contributed by atoms with Crippen molar-refractivity contribution in [3.8, 4) is 5.75 Å². The molecule has 0 fully saturated rings. The third-order valence-electron chi connectivity index (χ3n) is 4.31. The summed E-state index contributed by atoms with van der Waals surface area (Å²) in [6.07, 6.45) is 6.61. The summed E-state index contributed by atoms with van der Waals surface area (Å²) in [5.41, 5.74) is 2.81. The molecule has 0 atom stereocenters. The van der Waals surface area contributed by atoms with Crippen LogP contribution in [0.15, 0.2) is 42.7 Å². The highest BCUT2D eigenvalue weighted by atomic mass is 16.6. The van der Waals surface area contributed by atoms with Crippen LogP contribution >= 0.6 is 0 Å². The minimum absolute atomic E-state index is 0.265. The number of nitrogens with zero attached hydrogens (tertiary/aromatic N) is 3. The number of hydrogen-bond acceptors (Lipinski definition) is 4. The second-order valence-corrected chi connectivity index (χ2v) is 7.69. The Balaban J connectivity index is 1.65. The second kappa shape index (κ2) is 7.86. The Kier molecular flexibility index (Phi) is 5.54. The molecule has 1 aromatic carbocycles. The number of ether oxygens (including phenoxy) is 2. The van der Waals surface area contributed by atoms with Crippen LogP contribution in [0.4, 0.5) is 4.79 Å². The van der Waals surface area contributed by atoms with Gasteiger partial charge in [0.05, 0.1) is 19.9 Å². The van der Waals surface area contributed by atoms with Gasteiger partial charge in [-0.1, -0.05) is 18.2 Å². The Labute approximate surface area is 160 Å². The molecule has 0 spiro atoms.